The Labute approximate surface area is 182 Å². The molecule has 1 fully saturated rings. The normalized spacial score (nSPS) is 21.2. The molecule has 0 radical (unpaired) electrons. The van der Waals surface area contributed by atoms with Gasteiger partial charge < -0.3 is 19.9 Å². The van der Waals surface area contributed by atoms with Crippen LogP contribution in [0.3, 0.4) is 0 Å². The molecule has 156 valence electrons. The number of para-hydroxylation sites is 2. The average Bonchev–Trinajstić information content (AvgIpc) is 2.78. The molecule has 1 saturated carbocycles. The van der Waals surface area contributed by atoms with Crippen LogP contribution >= 0.6 is 11.6 Å². The molecule has 0 aromatic heterocycles. The summed E-state index contributed by atoms with van der Waals surface area (Å²) >= 11 is 5.96. The van der Waals surface area contributed by atoms with E-state index in [-0.39, 0.29) is 12.1 Å². The van der Waals surface area contributed by atoms with Crippen molar-refractivity contribution < 1.29 is 14.6 Å². The molecule has 0 amide bonds. The fraction of sp³-hybridized carbons (Fsp3) is 0.280. The van der Waals surface area contributed by atoms with Gasteiger partial charge in [-0.15, -0.1) is 0 Å². The highest BCUT2D eigenvalue weighted by Crippen LogP contribution is 2.34. The molecule has 0 heterocycles. The van der Waals surface area contributed by atoms with Crippen LogP contribution in [0, 0.1) is 0 Å². The minimum Gasteiger partial charge on any atom is -0.484 e. The van der Waals surface area contributed by atoms with E-state index in [0.29, 0.717) is 22.3 Å². The second-order valence-electron chi connectivity index (χ2n) is 7.55. The molecule has 1 aliphatic rings. The van der Waals surface area contributed by atoms with Crippen molar-refractivity contribution in [1.29, 1.82) is 0 Å². The van der Waals surface area contributed by atoms with Gasteiger partial charge in [-0.05, 0) is 61.2 Å². The first kappa shape index (κ1) is 20.7. The number of aliphatic hydroxyl groups is 1. The van der Waals surface area contributed by atoms with Gasteiger partial charge in [0, 0.05) is 17.6 Å². The Morgan fingerprint density at radius 1 is 0.867 bits per heavy atom. The monoisotopic (exact) mass is 423 g/mol. The second-order valence-corrected chi connectivity index (χ2v) is 7.99. The van der Waals surface area contributed by atoms with Gasteiger partial charge in [0.2, 0.25) is 0 Å². The quantitative estimate of drug-likeness (QED) is 0.520. The van der Waals surface area contributed by atoms with E-state index in [4.69, 9.17) is 21.1 Å². The van der Waals surface area contributed by atoms with Crippen LogP contribution < -0.4 is 14.8 Å². The Hall–Kier alpha value is -2.53. The Balaban J connectivity index is 1.41. The Morgan fingerprint density at radius 2 is 1.57 bits per heavy atom. The third-order valence-electron chi connectivity index (χ3n) is 5.38. The smallest absolute Gasteiger partial charge is 0.169 e. The zero-order valence-electron chi connectivity index (χ0n) is 16.7. The van der Waals surface area contributed by atoms with Gasteiger partial charge in [-0.25, -0.2) is 0 Å². The lowest BCUT2D eigenvalue weighted by Crippen LogP contribution is -2.50. The fourth-order valence-corrected chi connectivity index (χ4v) is 3.89. The number of nitrogens with one attached hydrogen (secondary N) is 1. The molecule has 4 nitrogen and oxygen atoms in total. The first-order chi connectivity index (χ1) is 14.7. The summed E-state index contributed by atoms with van der Waals surface area (Å²) in [5, 5.41) is 15.1. The average molecular weight is 424 g/mol. The molecule has 0 saturated heterocycles. The van der Waals surface area contributed by atoms with Crippen LogP contribution in [0.1, 0.15) is 24.8 Å². The van der Waals surface area contributed by atoms with Crippen LogP contribution in [0.5, 0.6) is 17.2 Å². The molecule has 2 N–H and O–H groups in total. The van der Waals surface area contributed by atoms with Gasteiger partial charge in [-0.3, -0.25) is 0 Å². The molecule has 3 aromatic carbocycles. The molecular formula is C25H26ClNO3. The summed E-state index contributed by atoms with van der Waals surface area (Å²) in [6.07, 6.45) is 1.85. The summed E-state index contributed by atoms with van der Waals surface area (Å²) in [7, 11) is 0. The number of halogens is 1. The highest BCUT2D eigenvalue weighted by atomic mass is 35.5. The number of ether oxygens (including phenoxy) is 2. The van der Waals surface area contributed by atoms with Crippen LogP contribution in [-0.2, 0) is 6.54 Å². The summed E-state index contributed by atoms with van der Waals surface area (Å²) in [6.45, 7) is 0.728. The maximum Gasteiger partial charge on any atom is 0.169 e. The zero-order chi connectivity index (χ0) is 20.8. The van der Waals surface area contributed by atoms with E-state index in [0.717, 1.165) is 25.8 Å². The van der Waals surface area contributed by atoms with E-state index in [2.05, 4.69) is 17.4 Å². The van der Waals surface area contributed by atoms with Crippen LogP contribution in [0.15, 0.2) is 78.9 Å². The van der Waals surface area contributed by atoms with Crippen LogP contribution in [0.25, 0.3) is 0 Å². The lowest BCUT2D eigenvalue weighted by molar-refractivity contribution is -0.0165. The van der Waals surface area contributed by atoms with Crippen LogP contribution in [0.4, 0.5) is 0 Å². The summed E-state index contributed by atoms with van der Waals surface area (Å²) in [5.41, 5.74) is 1.20. The maximum absolute atomic E-state index is 10.9. The molecule has 1 aliphatic carbocycles. The van der Waals surface area contributed by atoms with E-state index in [1.807, 2.05) is 54.6 Å². The van der Waals surface area contributed by atoms with Crippen molar-refractivity contribution in [2.45, 2.75) is 44.1 Å². The highest BCUT2D eigenvalue weighted by molar-refractivity contribution is 6.30. The van der Waals surface area contributed by atoms with Crippen molar-refractivity contribution in [2.75, 3.05) is 0 Å². The summed E-state index contributed by atoms with van der Waals surface area (Å²) in [4.78, 5) is 0. The predicted molar refractivity (Wildman–Crippen MR) is 119 cm³/mol. The number of hydrogen-bond donors (Lipinski definition) is 2. The first-order valence-corrected chi connectivity index (χ1v) is 10.7. The maximum atomic E-state index is 10.9. The summed E-state index contributed by atoms with van der Waals surface area (Å²) in [5.74, 6) is 1.92. The minimum atomic E-state index is -0.592. The molecule has 5 heteroatoms. The van der Waals surface area contributed by atoms with Crippen molar-refractivity contribution >= 4 is 11.6 Å². The van der Waals surface area contributed by atoms with Crippen LogP contribution in [0.2, 0.25) is 5.02 Å². The molecular weight excluding hydrogens is 398 g/mol. The van der Waals surface area contributed by atoms with Gasteiger partial charge in [0.1, 0.15) is 18.0 Å². The van der Waals surface area contributed by atoms with Crippen molar-refractivity contribution in [3.05, 3.63) is 89.4 Å². The Kier molecular flexibility index (Phi) is 6.90. The first-order valence-electron chi connectivity index (χ1n) is 10.3. The largest absolute Gasteiger partial charge is 0.484 e. The third kappa shape index (κ3) is 5.33. The second kappa shape index (κ2) is 9.98. The van der Waals surface area contributed by atoms with Gasteiger partial charge in [0.15, 0.2) is 11.5 Å². The Bertz CT molecular complexity index is 933. The number of hydrogen-bond acceptors (Lipinski definition) is 4. The van der Waals surface area contributed by atoms with Crippen LogP contribution in [-0.4, -0.2) is 23.4 Å². The van der Waals surface area contributed by atoms with Crippen molar-refractivity contribution in [1.82, 2.24) is 5.32 Å². The van der Waals surface area contributed by atoms with Gasteiger partial charge in [0.25, 0.3) is 0 Å². The third-order valence-corrected chi connectivity index (χ3v) is 5.63. The van der Waals surface area contributed by atoms with Gasteiger partial charge in [0.05, 0.1) is 0 Å². The molecule has 4 rings (SSSR count). The van der Waals surface area contributed by atoms with E-state index in [1.54, 1.807) is 12.1 Å². The van der Waals surface area contributed by atoms with Crippen molar-refractivity contribution in [3.63, 3.8) is 0 Å². The lowest BCUT2D eigenvalue weighted by Gasteiger charge is -2.35. The van der Waals surface area contributed by atoms with Gasteiger partial charge in [-0.2, -0.15) is 0 Å². The number of benzene rings is 3. The standard InChI is InChI=1S/C25H26ClNO3/c26-19-13-15-20(16-14-19)29-22-10-4-5-11-23(22)30-24-12-6-9-21(25(24)28)27-17-18-7-2-1-3-8-18/h1-5,7-8,10-11,13-16,21,24-25,27-28H,6,9,12,17H2/t21?,24-,25-/m1/s1. The lowest BCUT2D eigenvalue weighted by atomic mass is 9.89. The summed E-state index contributed by atoms with van der Waals surface area (Å²) < 4.78 is 12.2. The number of rotatable bonds is 7. The SMILES string of the molecule is O[C@@H]1C(NCc2ccccc2)CCC[C@H]1Oc1ccccc1Oc1ccc(Cl)cc1. The fourth-order valence-electron chi connectivity index (χ4n) is 3.76. The van der Waals surface area contributed by atoms with Crippen molar-refractivity contribution in [2.24, 2.45) is 0 Å². The number of aliphatic hydroxyl groups excluding tert-OH is 1. The Morgan fingerprint density at radius 3 is 2.33 bits per heavy atom. The van der Waals surface area contributed by atoms with Gasteiger partial charge in [-0.1, -0.05) is 54.1 Å². The highest BCUT2D eigenvalue weighted by Gasteiger charge is 2.33. The minimum absolute atomic E-state index is 0.00620. The molecule has 0 bridgehead atoms. The molecule has 3 aromatic rings. The van der Waals surface area contributed by atoms with Crippen molar-refractivity contribution in [3.8, 4) is 17.2 Å². The zero-order valence-corrected chi connectivity index (χ0v) is 17.5. The molecule has 0 aliphatic heterocycles. The van der Waals surface area contributed by atoms with E-state index >= 15 is 0 Å². The van der Waals surface area contributed by atoms with E-state index in [9.17, 15) is 5.11 Å². The topological polar surface area (TPSA) is 50.7 Å². The predicted octanol–water partition coefficient (Wildman–Crippen LogP) is 5.58. The molecule has 30 heavy (non-hydrogen) atoms. The molecule has 0 spiro atoms. The van der Waals surface area contributed by atoms with E-state index < -0.39 is 6.10 Å². The van der Waals surface area contributed by atoms with Gasteiger partial charge >= 0.3 is 0 Å². The molecule has 3 atom stereocenters. The van der Waals surface area contributed by atoms with E-state index in [1.165, 1.54) is 5.56 Å². The molecule has 1 unspecified atom stereocenters. The summed E-state index contributed by atoms with van der Waals surface area (Å²) in [6, 6.07) is 25.0.